The molecule has 35 heavy (non-hydrogen) atoms. The molecule has 5 aliphatic rings. The summed E-state index contributed by atoms with van der Waals surface area (Å²) in [5.74, 6) is -0.736. The minimum atomic E-state index is -1.30. The average Bonchev–Trinajstić information content (AvgIpc) is 3.17. The maximum absolute atomic E-state index is 14.2. The lowest BCUT2D eigenvalue weighted by molar-refractivity contribution is -0.154. The van der Waals surface area contributed by atoms with E-state index in [-0.39, 0.29) is 36.1 Å². The predicted octanol–water partition coefficient (Wildman–Crippen LogP) is 3.88. The van der Waals surface area contributed by atoms with Crippen LogP contribution in [0.5, 0.6) is 5.75 Å². The first-order chi connectivity index (χ1) is 16.8. The lowest BCUT2D eigenvalue weighted by Gasteiger charge is -2.39. The Labute approximate surface area is 207 Å². The molecule has 11 atom stereocenters. The molecule has 0 radical (unpaired) electrons. The van der Waals surface area contributed by atoms with Crippen LogP contribution in [-0.4, -0.2) is 41.3 Å². The third-order valence-electron chi connectivity index (χ3n) is 9.11. The SMILES string of the molecule is C=C[C@H]1C=C[C@H]2[C@@H]3C[C@H](C)CC[C@H]3[C@@H]3Oc4ccc(cc4)[C@@H](O)[C@@H](O)C[C@H](C(=O)OC)C(=O)[C@@H]1[C@H]23. The van der Waals surface area contributed by atoms with Crippen LogP contribution < -0.4 is 4.74 Å². The number of hydrogen-bond donors (Lipinski definition) is 2. The molecule has 0 unspecified atom stereocenters. The van der Waals surface area contributed by atoms with Crippen molar-refractivity contribution in [2.24, 2.45) is 47.3 Å². The van der Waals surface area contributed by atoms with E-state index in [0.29, 0.717) is 29.1 Å². The number of ether oxygens (including phenoxy) is 2. The number of benzene rings is 1. The molecule has 2 heterocycles. The molecule has 1 aromatic carbocycles. The van der Waals surface area contributed by atoms with E-state index in [2.05, 4.69) is 25.7 Å². The van der Waals surface area contributed by atoms with Crippen molar-refractivity contribution in [3.63, 3.8) is 0 Å². The summed E-state index contributed by atoms with van der Waals surface area (Å²) in [6.07, 6.45) is 6.49. The minimum absolute atomic E-state index is 0.106. The molecule has 2 fully saturated rings. The highest BCUT2D eigenvalue weighted by Gasteiger charge is 2.59. The zero-order valence-corrected chi connectivity index (χ0v) is 20.5. The van der Waals surface area contributed by atoms with E-state index >= 15 is 0 Å². The first kappa shape index (κ1) is 24.3. The smallest absolute Gasteiger partial charge is 0.316 e. The number of allylic oxidation sites excluding steroid dienone is 3. The van der Waals surface area contributed by atoms with Crippen molar-refractivity contribution >= 4 is 11.8 Å². The van der Waals surface area contributed by atoms with Gasteiger partial charge in [0.25, 0.3) is 0 Å². The van der Waals surface area contributed by atoms with Crippen LogP contribution in [0, 0.1) is 47.3 Å². The zero-order valence-electron chi connectivity index (χ0n) is 20.5. The number of methoxy groups -OCH3 is 1. The first-order valence-electron chi connectivity index (χ1n) is 12.9. The van der Waals surface area contributed by atoms with Crippen molar-refractivity contribution in [2.45, 2.75) is 50.9 Å². The van der Waals surface area contributed by atoms with Gasteiger partial charge in [0.15, 0.2) is 5.78 Å². The summed E-state index contributed by atoms with van der Waals surface area (Å²) >= 11 is 0. The van der Waals surface area contributed by atoms with E-state index in [1.54, 1.807) is 18.2 Å². The van der Waals surface area contributed by atoms with Crippen LogP contribution >= 0.6 is 0 Å². The topological polar surface area (TPSA) is 93.1 Å². The summed E-state index contributed by atoms with van der Waals surface area (Å²) in [4.78, 5) is 27.1. The van der Waals surface area contributed by atoms with Gasteiger partial charge in [-0.2, -0.15) is 0 Å². The number of carbonyl (C=O) groups is 2. The predicted molar refractivity (Wildman–Crippen MR) is 130 cm³/mol. The summed E-state index contributed by atoms with van der Waals surface area (Å²) in [6, 6.07) is 7.14. The molecule has 6 rings (SSSR count). The molecule has 6 heteroatoms. The molecular weight excluding hydrogens is 444 g/mol. The van der Waals surface area contributed by atoms with Crippen LogP contribution in [0.1, 0.15) is 44.3 Å². The number of carbonyl (C=O) groups excluding carboxylic acids is 2. The first-order valence-corrected chi connectivity index (χ1v) is 12.9. The van der Waals surface area contributed by atoms with Crippen molar-refractivity contribution in [2.75, 3.05) is 7.11 Å². The van der Waals surface area contributed by atoms with E-state index in [1.807, 2.05) is 12.1 Å². The molecule has 0 saturated heterocycles. The number of rotatable bonds is 2. The van der Waals surface area contributed by atoms with Crippen LogP contribution in [0.25, 0.3) is 0 Å². The van der Waals surface area contributed by atoms with Crippen molar-refractivity contribution < 1.29 is 29.3 Å². The highest BCUT2D eigenvalue weighted by Crippen LogP contribution is 2.57. The fourth-order valence-electron chi connectivity index (χ4n) is 7.40. The van der Waals surface area contributed by atoms with Gasteiger partial charge in [-0.25, -0.2) is 0 Å². The van der Waals surface area contributed by atoms with Gasteiger partial charge in [-0.05, 0) is 60.6 Å². The molecule has 2 aliphatic heterocycles. The zero-order chi connectivity index (χ0) is 24.9. The van der Waals surface area contributed by atoms with E-state index in [1.165, 1.54) is 7.11 Å². The van der Waals surface area contributed by atoms with E-state index in [0.717, 1.165) is 19.3 Å². The number of Topliss-reactive ketones (excluding diaryl/α,β-unsaturated/α-hetero) is 1. The fraction of sp³-hybridized carbons (Fsp3) is 0.586. The quantitative estimate of drug-likeness (QED) is 0.379. The Morgan fingerprint density at radius 2 is 1.86 bits per heavy atom. The largest absolute Gasteiger partial charge is 0.490 e. The molecule has 6 nitrogen and oxygen atoms in total. The third kappa shape index (κ3) is 4.15. The number of fused-ring (bicyclic) bond motifs is 8. The Morgan fingerprint density at radius 3 is 2.54 bits per heavy atom. The minimum Gasteiger partial charge on any atom is -0.490 e. The Bertz CT molecular complexity index is 999. The molecule has 2 bridgehead atoms. The number of esters is 1. The van der Waals surface area contributed by atoms with Crippen molar-refractivity contribution in [1.82, 2.24) is 0 Å². The normalized spacial score (nSPS) is 42.5. The summed E-state index contributed by atoms with van der Waals surface area (Å²) in [7, 11) is 1.25. The molecule has 188 valence electrons. The van der Waals surface area contributed by atoms with Gasteiger partial charge in [-0.1, -0.05) is 43.7 Å². The lowest BCUT2D eigenvalue weighted by atomic mass is 9.65. The second-order valence-electron chi connectivity index (χ2n) is 11.0. The Hall–Kier alpha value is -2.44. The molecule has 1 aromatic rings. The second kappa shape index (κ2) is 9.55. The molecular formula is C29H36O6. The van der Waals surface area contributed by atoms with E-state index < -0.39 is 30.0 Å². The fourth-order valence-corrected chi connectivity index (χ4v) is 7.40. The number of aliphatic hydroxyl groups is 2. The Kier molecular flexibility index (Phi) is 6.62. The summed E-state index contributed by atoms with van der Waals surface area (Å²) in [6.45, 7) is 6.30. The molecule has 2 N–H and O–H groups in total. The van der Waals surface area contributed by atoms with Gasteiger partial charge in [0.1, 0.15) is 23.9 Å². The summed E-state index contributed by atoms with van der Waals surface area (Å²) in [5.41, 5.74) is 0.511. The average molecular weight is 481 g/mol. The van der Waals surface area contributed by atoms with Crippen LogP contribution in [0.2, 0.25) is 0 Å². The van der Waals surface area contributed by atoms with Gasteiger partial charge in [0.2, 0.25) is 0 Å². The van der Waals surface area contributed by atoms with Gasteiger partial charge >= 0.3 is 5.97 Å². The monoisotopic (exact) mass is 480 g/mol. The maximum Gasteiger partial charge on any atom is 0.316 e. The number of hydrogen-bond acceptors (Lipinski definition) is 6. The number of ketones is 1. The van der Waals surface area contributed by atoms with Crippen LogP contribution in [0.4, 0.5) is 0 Å². The third-order valence-corrected chi connectivity index (χ3v) is 9.11. The van der Waals surface area contributed by atoms with E-state index in [4.69, 9.17) is 9.47 Å². The Balaban J connectivity index is 1.65. The summed E-state index contributed by atoms with van der Waals surface area (Å²) in [5, 5.41) is 21.6. The number of aliphatic hydroxyl groups excluding tert-OH is 2. The van der Waals surface area contributed by atoms with Gasteiger partial charge in [0, 0.05) is 17.8 Å². The van der Waals surface area contributed by atoms with Crippen LogP contribution in [0.15, 0.2) is 49.1 Å². The van der Waals surface area contributed by atoms with Crippen molar-refractivity contribution in [3.8, 4) is 5.75 Å². The summed E-state index contributed by atoms with van der Waals surface area (Å²) < 4.78 is 11.7. The molecule has 0 amide bonds. The van der Waals surface area contributed by atoms with Crippen LogP contribution in [-0.2, 0) is 14.3 Å². The van der Waals surface area contributed by atoms with Crippen molar-refractivity contribution in [1.29, 1.82) is 0 Å². The van der Waals surface area contributed by atoms with Crippen LogP contribution in [0.3, 0.4) is 0 Å². The van der Waals surface area contributed by atoms with Crippen molar-refractivity contribution in [3.05, 3.63) is 54.6 Å². The molecule has 0 spiro atoms. The van der Waals surface area contributed by atoms with Gasteiger partial charge in [-0.3, -0.25) is 9.59 Å². The lowest BCUT2D eigenvalue weighted by Crippen LogP contribution is -2.46. The standard InChI is InChI=1S/C29H36O6/c1-4-16-8-12-19-21-13-15(2)5-11-20(21)28-25(19)24(16)27(32)22(29(33)34-3)14-23(30)26(31)17-6-9-18(35-28)10-7-17/h4,6-10,12,15-16,19-26,28,30-31H,1,5,11,13-14H2,2-3H3/t15-,16+,19+,20-,21+,22+,23+,24+,25+,26-,28+/m1/s1. The second-order valence-corrected chi connectivity index (χ2v) is 11.0. The van der Waals surface area contributed by atoms with E-state index in [9.17, 15) is 19.8 Å². The van der Waals surface area contributed by atoms with Gasteiger partial charge in [0.05, 0.1) is 13.2 Å². The molecule has 0 aromatic heterocycles. The molecule has 2 saturated carbocycles. The Morgan fingerprint density at radius 1 is 1.11 bits per heavy atom. The van der Waals surface area contributed by atoms with Gasteiger partial charge < -0.3 is 19.7 Å². The molecule has 3 aliphatic carbocycles. The highest BCUT2D eigenvalue weighted by atomic mass is 16.5. The van der Waals surface area contributed by atoms with Gasteiger partial charge in [-0.15, -0.1) is 6.58 Å². The maximum atomic E-state index is 14.2. The highest BCUT2D eigenvalue weighted by molar-refractivity contribution is 6.00.